The van der Waals surface area contributed by atoms with Crippen LogP contribution in [0.25, 0.3) is 0 Å². The fraction of sp³-hybridized carbons (Fsp3) is 0.571. The molecule has 0 aromatic heterocycles. The van der Waals surface area contributed by atoms with Crippen LogP contribution in [0.3, 0.4) is 0 Å². The predicted octanol–water partition coefficient (Wildman–Crippen LogP) is 0.363. The number of nitrogens with zero attached hydrogens (tertiary/aromatic N) is 1. The lowest BCUT2D eigenvalue weighted by molar-refractivity contribution is 0.171. The van der Waals surface area contributed by atoms with E-state index in [1.54, 1.807) is 0 Å². The van der Waals surface area contributed by atoms with Crippen LogP contribution in [0.2, 0.25) is 0 Å². The van der Waals surface area contributed by atoms with E-state index in [0.29, 0.717) is 13.2 Å². The van der Waals surface area contributed by atoms with Crippen LogP contribution in [0.15, 0.2) is 18.2 Å². The number of ether oxygens (including phenoxy) is 2. The first-order valence-electron chi connectivity index (χ1n) is 6.91. The van der Waals surface area contributed by atoms with Crippen molar-refractivity contribution in [1.82, 2.24) is 10.2 Å². The van der Waals surface area contributed by atoms with E-state index in [0.717, 1.165) is 49.8 Å². The summed E-state index contributed by atoms with van der Waals surface area (Å²) in [6, 6.07) is 6.04. The van der Waals surface area contributed by atoms with Gasteiger partial charge >= 0.3 is 0 Å². The lowest BCUT2D eigenvalue weighted by Gasteiger charge is -2.30. The number of rotatable bonds is 3. The highest BCUT2D eigenvalue weighted by Gasteiger charge is 2.17. The van der Waals surface area contributed by atoms with Crippen LogP contribution in [-0.2, 0) is 0 Å². The zero-order chi connectivity index (χ0) is 13.1. The average molecular weight is 263 g/mol. The Morgan fingerprint density at radius 3 is 2.68 bits per heavy atom. The van der Waals surface area contributed by atoms with Crippen molar-refractivity contribution in [2.45, 2.75) is 6.04 Å². The Kier molecular flexibility index (Phi) is 3.87. The van der Waals surface area contributed by atoms with E-state index < -0.39 is 0 Å². The third-order valence-corrected chi connectivity index (χ3v) is 3.66. The van der Waals surface area contributed by atoms with Crippen molar-refractivity contribution in [3.8, 4) is 11.5 Å². The first-order chi connectivity index (χ1) is 9.33. The van der Waals surface area contributed by atoms with Crippen LogP contribution in [0.1, 0.15) is 11.6 Å². The standard InChI is InChI=1S/C14H21N3O2/c15-12(10-17-5-3-16-4-6-17)11-1-2-13-14(9-11)19-8-7-18-13/h1-2,9,12,16H,3-8,10,15H2. The van der Waals surface area contributed by atoms with Gasteiger partial charge in [0.05, 0.1) is 0 Å². The first-order valence-corrected chi connectivity index (χ1v) is 6.91. The van der Waals surface area contributed by atoms with Crippen LogP contribution in [0.5, 0.6) is 11.5 Å². The van der Waals surface area contributed by atoms with Crippen molar-refractivity contribution in [2.24, 2.45) is 5.73 Å². The maximum Gasteiger partial charge on any atom is 0.161 e. The number of nitrogens with two attached hydrogens (primary N) is 1. The maximum atomic E-state index is 6.30. The van der Waals surface area contributed by atoms with Gasteiger partial charge in [0.15, 0.2) is 11.5 Å². The molecule has 0 bridgehead atoms. The van der Waals surface area contributed by atoms with Crippen LogP contribution < -0.4 is 20.5 Å². The van der Waals surface area contributed by atoms with E-state index in [2.05, 4.69) is 10.2 Å². The Hall–Kier alpha value is -1.30. The fourth-order valence-corrected chi connectivity index (χ4v) is 2.57. The molecule has 0 spiro atoms. The molecule has 5 nitrogen and oxygen atoms in total. The lowest BCUT2D eigenvalue weighted by Crippen LogP contribution is -2.45. The van der Waals surface area contributed by atoms with Crippen LogP contribution in [0, 0.1) is 0 Å². The predicted molar refractivity (Wildman–Crippen MR) is 73.7 cm³/mol. The molecule has 3 rings (SSSR count). The molecular weight excluding hydrogens is 242 g/mol. The smallest absolute Gasteiger partial charge is 0.161 e. The number of fused-ring (bicyclic) bond motifs is 1. The number of hydrogen-bond donors (Lipinski definition) is 2. The van der Waals surface area contributed by atoms with Crippen molar-refractivity contribution in [3.63, 3.8) is 0 Å². The number of benzene rings is 1. The monoisotopic (exact) mass is 263 g/mol. The molecule has 5 heteroatoms. The molecule has 1 fully saturated rings. The molecule has 2 heterocycles. The maximum absolute atomic E-state index is 6.30. The molecule has 0 saturated carbocycles. The zero-order valence-corrected chi connectivity index (χ0v) is 11.1. The molecule has 0 radical (unpaired) electrons. The SMILES string of the molecule is NC(CN1CCNCC1)c1ccc2c(c1)OCCO2. The quantitative estimate of drug-likeness (QED) is 0.825. The molecule has 1 saturated heterocycles. The van der Waals surface area contributed by atoms with Crippen molar-refractivity contribution < 1.29 is 9.47 Å². The van der Waals surface area contributed by atoms with Gasteiger partial charge in [0.1, 0.15) is 13.2 Å². The summed E-state index contributed by atoms with van der Waals surface area (Å²) in [7, 11) is 0. The van der Waals surface area contributed by atoms with Gasteiger partial charge in [-0.1, -0.05) is 6.07 Å². The van der Waals surface area contributed by atoms with Gasteiger partial charge in [-0.05, 0) is 17.7 Å². The van der Waals surface area contributed by atoms with Gasteiger partial charge < -0.3 is 20.5 Å². The normalized spacial score (nSPS) is 21.1. The molecule has 3 N–H and O–H groups in total. The highest BCUT2D eigenvalue weighted by atomic mass is 16.6. The van der Waals surface area contributed by atoms with Gasteiger partial charge in [-0.2, -0.15) is 0 Å². The summed E-state index contributed by atoms with van der Waals surface area (Å²) < 4.78 is 11.1. The van der Waals surface area contributed by atoms with E-state index in [-0.39, 0.29) is 6.04 Å². The van der Waals surface area contributed by atoms with Gasteiger partial charge in [-0.15, -0.1) is 0 Å². The minimum atomic E-state index is 0.0222. The molecule has 1 atom stereocenters. The summed E-state index contributed by atoms with van der Waals surface area (Å²) in [5.74, 6) is 1.64. The minimum absolute atomic E-state index is 0.0222. The van der Waals surface area contributed by atoms with E-state index in [9.17, 15) is 0 Å². The first kappa shape index (κ1) is 12.7. The fourth-order valence-electron chi connectivity index (χ4n) is 2.57. The molecule has 1 aromatic carbocycles. The van der Waals surface area contributed by atoms with E-state index in [1.165, 1.54) is 0 Å². The molecule has 0 aliphatic carbocycles. The van der Waals surface area contributed by atoms with Crippen molar-refractivity contribution in [1.29, 1.82) is 0 Å². The van der Waals surface area contributed by atoms with Gasteiger partial charge in [-0.25, -0.2) is 0 Å². The zero-order valence-electron chi connectivity index (χ0n) is 11.1. The van der Waals surface area contributed by atoms with Gasteiger partial charge in [0.2, 0.25) is 0 Å². The van der Waals surface area contributed by atoms with Crippen LogP contribution in [-0.4, -0.2) is 50.8 Å². The Balaban J connectivity index is 1.67. The van der Waals surface area contributed by atoms with Gasteiger partial charge in [-0.3, -0.25) is 4.90 Å². The summed E-state index contributed by atoms with van der Waals surface area (Å²) in [6.07, 6.45) is 0. The van der Waals surface area contributed by atoms with Gasteiger partial charge in [0, 0.05) is 38.8 Å². The Morgan fingerprint density at radius 2 is 1.89 bits per heavy atom. The summed E-state index contributed by atoms with van der Waals surface area (Å²) in [4.78, 5) is 2.40. The average Bonchev–Trinajstić information content (AvgIpc) is 2.48. The Labute approximate surface area is 113 Å². The van der Waals surface area contributed by atoms with Crippen molar-refractivity contribution >= 4 is 0 Å². The summed E-state index contributed by atoms with van der Waals surface area (Å²) in [5, 5.41) is 3.35. The van der Waals surface area contributed by atoms with Crippen LogP contribution >= 0.6 is 0 Å². The molecular formula is C14H21N3O2. The van der Waals surface area contributed by atoms with E-state index in [4.69, 9.17) is 15.2 Å². The van der Waals surface area contributed by atoms with E-state index in [1.807, 2.05) is 18.2 Å². The Morgan fingerprint density at radius 1 is 1.16 bits per heavy atom. The number of hydrogen-bond acceptors (Lipinski definition) is 5. The molecule has 2 aliphatic heterocycles. The number of piperazine rings is 1. The van der Waals surface area contributed by atoms with Crippen molar-refractivity contribution in [3.05, 3.63) is 23.8 Å². The highest BCUT2D eigenvalue weighted by molar-refractivity contribution is 5.44. The molecule has 19 heavy (non-hydrogen) atoms. The second-order valence-corrected chi connectivity index (χ2v) is 5.06. The third kappa shape index (κ3) is 3.00. The second kappa shape index (κ2) is 5.77. The topological polar surface area (TPSA) is 59.8 Å². The molecule has 0 amide bonds. The lowest BCUT2D eigenvalue weighted by atomic mass is 10.1. The summed E-state index contributed by atoms with van der Waals surface area (Å²) in [5.41, 5.74) is 7.41. The third-order valence-electron chi connectivity index (χ3n) is 3.66. The summed E-state index contributed by atoms with van der Waals surface area (Å²) in [6.45, 7) is 6.36. The highest BCUT2D eigenvalue weighted by Crippen LogP contribution is 2.32. The summed E-state index contributed by atoms with van der Waals surface area (Å²) >= 11 is 0. The Bertz CT molecular complexity index is 433. The number of nitrogens with one attached hydrogen (secondary N) is 1. The van der Waals surface area contributed by atoms with E-state index >= 15 is 0 Å². The minimum Gasteiger partial charge on any atom is -0.486 e. The van der Waals surface area contributed by atoms with Crippen LogP contribution in [0.4, 0.5) is 0 Å². The van der Waals surface area contributed by atoms with Gasteiger partial charge in [0.25, 0.3) is 0 Å². The molecule has 1 unspecified atom stereocenters. The second-order valence-electron chi connectivity index (χ2n) is 5.06. The molecule has 1 aromatic rings. The molecule has 2 aliphatic rings. The largest absolute Gasteiger partial charge is 0.486 e. The molecule has 104 valence electrons. The van der Waals surface area contributed by atoms with Crippen molar-refractivity contribution in [2.75, 3.05) is 45.9 Å².